The highest BCUT2D eigenvalue weighted by Gasteiger charge is 2.28. The van der Waals surface area contributed by atoms with Crippen LogP contribution >= 0.6 is 23.2 Å². The largest absolute Gasteiger partial charge is 0.389 e. The Hall–Kier alpha value is -0.880. The maximum Gasteiger partial charge on any atom is 0.276 e. The summed E-state index contributed by atoms with van der Waals surface area (Å²) in [6.07, 6.45) is -2.79. The van der Waals surface area contributed by atoms with Crippen LogP contribution in [-0.4, -0.2) is 27.1 Å². The molecule has 0 amide bonds. The van der Waals surface area contributed by atoms with Gasteiger partial charge in [0.05, 0.1) is 27.5 Å². The highest BCUT2D eigenvalue weighted by atomic mass is 35.5. The van der Waals surface area contributed by atoms with Crippen molar-refractivity contribution in [2.75, 3.05) is 5.88 Å². The second kappa shape index (κ2) is 5.45. The lowest BCUT2D eigenvalue weighted by Gasteiger charge is -2.16. The topological polar surface area (TPSA) is 83.6 Å². The summed E-state index contributed by atoms with van der Waals surface area (Å²) in [7, 11) is 0. The van der Waals surface area contributed by atoms with E-state index >= 15 is 0 Å². The third-order valence-corrected chi connectivity index (χ3v) is 2.69. The van der Waals surface area contributed by atoms with Gasteiger partial charge >= 0.3 is 0 Å². The Bertz CT molecular complexity index is 399. The van der Waals surface area contributed by atoms with Crippen LogP contribution in [0, 0.1) is 10.1 Å². The molecule has 1 aromatic rings. The summed E-state index contributed by atoms with van der Waals surface area (Å²) in [5.41, 5.74) is -0.466. The van der Waals surface area contributed by atoms with Crippen LogP contribution in [0.2, 0.25) is 5.02 Å². The third kappa shape index (κ3) is 2.62. The Kier molecular flexibility index (Phi) is 4.49. The van der Waals surface area contributed by atoms with Gasteiger partial charge in [0.25, 0.3) is 5.69 Å². The molecule has 0 aliphatic rings. The van der Waals surface area contributed by atoms with Gasteiger partial charge in [0, 0.05) is 6.07 Å². The quantitative estimate of drug-likeness (QED) is 0.495. The van der Waals surface area contributed by atoms with E-state index in [1.807, 2.05) is 0 Å². The van der Waals surface area contributed by atoms with E-state index in [0.29, 0.717) is 0 Å². The van der Waals surface area contributed by atoms with Crippen LogP contribution in [0.5, 0.6) is 0 Å². The second-order valence-corrected chi connectivity index (χ2v) is 3.81. The van der Waals surface area contributed by atoms with Crippen molar-refractivity contribution in [2.45, 2.75) is 12.2 Å². The molecule has 0 aliphatic heterocycles. The molecule has 0 radical (unpaired) electrons. The monoisotopic (exact) mass is 265 g/mol. The van der Waals surface area contributed by atoms with Crippen molar-refractivity contribution >= 4 is 28.9 Å². The number of nitrogens with zero attached hydrogens (tertiary/aromatic N) is 1. The summed E-state index contributed by atoms with van der Waals surface area (Å²) >= 11 is 11.1. The molecule has 0 bridgehead atoms. The predicted octanol–water partition coefficient (Wildman–Crippen LogP) is 1.88. The molecule has 0 aromatic heterocycles. The number of hydrogen-bond donors (Lipinski definition) is 2. The number of nitro groups is 1. The van der Waals surface area contributed by atoms with Crippen LogP contribution in [0.1, 0.15) is 11.7 Å². The first kappa shape index (κ1) is 13.2. The first-order valence-electron chi connectivity index (χ1n) is 4.34. The Balaban J connectivity index is 3.24. The lowest BCUT2D eigenvalue weighted by molar-refractivity contribution is -0.386. The molecule has 0 spiro atoms. The zero-order valence-corrected chi connectivity index (χ0v) is 9.52. The van der Waals surface area contributed by atoms with Gasteiger partial charge in [-0.15, -0.1) is 11.6 Å². The minimum absolute atomic E-state index is 0.0193. The van der Waals surface area contributed by atoms with Crippen molar-refractivity contribution in [1.29, 1.82) is 0 Å². The van der Waals surface area contributed by atoms with Crippen LogP contribution in [0.4, 0.5) is 5.69 Å². The van der Waals surface area contributed by atoms with Crippen molar-refractivity contribution in [3.05, 3.63) is 38.9 Å². The van der Waals surface area contributed by atoms with Crippen LogP contribution in [0.3, 0.4) is 0 Å². The Morgan fingerprint density at radius 3 is 2.56 bits per heavy atom. The Morgan fingerprint density at radius 1 is 1.44 bits per heavy atom. The van der Waals surface area contributed by atoms with Gasteiger partial charge in [0.15, 0.2) is 0 Å². The first-order chi connectivity index (χ1) is 7.49. The van der Waals surface area contributed by atoms with E-state index in [1.54, 1.807) is 0 Å². The summed E-state index contributed by atoms with van der Waals surface area (Å²) < 4.78 is 0. The molecule has 16 heavy (non-hydrogen) atoms. The van der Waals surface area contributed by atoms with E-state index in [-0.39, 0.29) is 22.2 Å². The average molecular weight is 266 g/mol. The van der Waals surface area contributed by atoms with Gasteiger partial charge in [-0.25, -0.2) is 0 Å². The minimum Gasteiger partial charge on any atom is -0.389 e. The van der Waals surface area contributed by atoms with Crippen LogP contribution in [-0.2, 0) is 0 Å². The van der Waals surface area contributed by atoms with Crippen molar-refractivity contribution in [3.8, 4) is 0 Å². The molecule has 0 fully saturated rings. The van der Waals surface area contributed by atoms with Gasteiger partial charge in [-0.3, -0.25) is 10.1 Å². The Labute approximate surface area is 101 Å². The molecule has 7 heteroatoms. The summed E-state index contributed by atoms with van der Waals surface area (Å²) in [4.78, 5) is 10.0. The summed E-state index contributed by atoms with van der Waals surface area (Å²) in [6.45, 7) is 0. The minimum atomic E-state index is -1.48. The molecule has 0 aliphatic carbocycles. The van der Waals surface area contributed by atoms with E-state index in [2.05, 4.69) is 0 Å². The number of nitro benzene ring substituents is 1. The Morgan fingerprint density at radius 2 is 2.06 bits per heavy atom. The fraction of sp³-hybridized carbons (Fsp3) is 0.333. The average Bonchev–Trinajstić information content (AvgIpc) is 2.26. The van der Waals surface area contributed by atoms with Gasteiger partial charge in [0.2, 0.25) is 0 Å². The zero-order chi connectivity index (χ0) is 12.3. The number of halogens is 2. The number of rotatable bonds is 4. The van der Waals surface area contributed by atoms with Crippen LogP contribution in [0.25, 0.3) is 0 Å². The fourth-order valence-corrected chi connectivity index (χ4v) is 1.70. The zero-order valence-electron chi connectivity index (χ0n) is 8.01. The van der Waals surface area contributed by atoms with Gasteiger partial charge < -0.3 is 10.2 Å². The van der Waals surface area contributed by atoms with Crippen molar-refractivity contribution in [1.82, 2.24) is 0 Å². The molecule has 1 aromatic carbocycles. The summed E-state index contributed by atoms with van der Waals surface area (Å²) in [5, 5.41) is 29.8. The van der Waals surface area contributed by atoms with E-state index < -0.39 is 17.1 Å². The second-order valence-electron chi connectivity index (χ2n) is 3.10. The van der Waals surface area contributed by atoms with Crippen molar-refractivity contribution in [3.63, 3.8) is 0 Å². The van der Waals surface area contributed by atoms with E-state index in [0.717, 1.165) is 0 Å². The van der Waals surface area contributed by atoms with Gasteiger partial charge in [-0.1, -0.05) is 17.7 Å². The number of alkyl halides is 1. The van der Waals surface area contributed by atoms with Gasteiger partial charge in [-0.05, 0) is 6.07 Å². The lowest BCUT2D eigenvalue weighted by atomic mass is 10.0. The normalized spacial score (nSPS) is 14.5. The summed E-state index contributed by atoms with van der Waals surface area (Å²) in [6, 6.07) is 3.99. The van der Waals surface area contributed by atoms with E-state index in [9.17, 15) is 20.3 Å². The first-order valence-corrected chi connectivity index (χ1v) is 5.25. The van der Waals surface area contributed by atoms with Crippen molar-refractivity contribution < 1.29 is 15.1 Å². The van der Waals surface area contributed by atoms with E-state index in [4.69, 9.17) is 23.2 Å². The summed E-state index contributed by atoms with van der Waals surface area (Å²) in [5.74, 6) is -0.246. The van der Waals surface area contributed by atoms with Crippen molar-refractivity contribution in [2.24, 2.45) is 0 Å². The van der Waals surface area contributed by atoms with Gasteiger partial charge in [0.1, 0.15) is 6.10 Å². The van der Waals surface area contributed by atoms with Crippen LogP contribution < -0.4 is 0 Å². The smallest absolute Gasteiger partial charge is 0.276 e. The third-order valence-electron chi connectivity index (χ3n) is 2.04. The number of aliphatic hydroxyl groups is 2. The standard InChI is InChI=1S/C9H9Cl2NO4/c10-4-7(13)9(14)8-5(11)2-1-3-6(8)12(15)16/h1-3,7,9,13-14H,4H2. The molecule has 2 N–H and O–H groups in total. The highest BCUT2D eigenvalue weighted by molar-refractivity contribution is 6.31. The predicted molar refractivity (Wildman–Crippen MR) is 59.8 cm³/mol. The maximum absolute atomic E-state index is 10.7. The fourth-order valence-electron chi connectivity index (χ4n) is 1.25. The number of benzene rings is 1. The molecule has 5 nitrogen and oxygen atoms in total. The van der Waals surface area contributed by atoms with E-state index in [1.165, 1.54) is 18.2 Å². The molecule has 0 heterocycles. The number of hydrogen-bond acceptors (Lipinski definition) is 4. The SMILES string of the molecule is O=[N+]([O-])c1cccc(Cl)c1C(O)C(O)CCl. The molecular weight excluding hydrogens is 257 g/mol. The molecule has 2 atom stereocenters. The molecule has 0 saturated carbocycles. The lowest BCUT2D eigenvalue weighted by Crippen LogP contribution is -2.21. The molecule has 1 rings (SSSR count). The van der Waals surface area contributed by atoms with Gasteiger partial charge in [-0.2, -0.15) is 0 Å². The maximum atomic E-state index is 10.7. The van der Waals surface area contributed by atoms with Crippen LogP contribution in [0.15, 0.2) is 18.2 Å². The highest BCUT2D eigenvalue weighted by Crippen LogP contribution is 2.33. The number of aliphatic hydroxyl groups excluding tert-OH is 2. The molecule has 0 saturated heterocycles. The molecule has 2 unspecified atom stereocenters. The molecular formula is C9H9Cl2NO4. The molecule has 88 valence electrons.